The van der Waals surface area contributed by atoms with Crippen LogP contribution in [-0.4, -0.2) is 48.3 Å². The third kappa shape index (κ3) is 3.23. The molecule has 2 heterocycles. The molecule has 2 bridgehead atoms. The summed E-state index contributed by atoms with van der Waals surface area (Å²) in [6.45, 7) is 4.14. The SMILES string of the molecule is COCC(C)CN1C2CCC1CC(CC(=O)O)C2. The number of hydrogen-bond donors (Lipinski definition) is 1. The Kier molecular flexibility index (Phi) is 4.62. The van der Waals surface area contributed by atoms with Gasteiger partial charge < -0.3 is 9.84 Å². The average molecular weight is 255 g/mol. The van der Waals surface area contributed by atoms with Gasteiger partial charge in [0.15, 0.2) is 0 Å². The number of ether oxygens (including phenoxy) is 1. The Bertz CT molecular complexity index is 281. The Morgan fingerprint density at radius 1 is 1.39 bits per heavy atom. The molecular formula is C14H25NO3. The van der Waals surface area contributed by atoms with Gasteiger partial charge in [-0.3, -0.25) is 9.69 Å². The van der Waals surface area contributed by atoms with Gasteiger partial charge in [0.2, 0.25) is 0 Å². The highest BCUT2D eigenvalue weighted by molar-refractivity contribution is 5.67. The van der Waals surface area contributed by atoms with Crippen LogP contribution < -0.4 is 0 Å². The summed E-state index contributed by atoms with van der Waals surface area (Å²) in [5.41, 5.74) is 0. The first kappa shape index (κ1) is 13.8. The Balaban J connectivity index is 1.87. The quantitative estimate of drug-likeness (QED) is 0.788. The Morgan fingerprint density at radius 3 is 2.50 bits per heavy atom. The monoisotopic (exact) mass is 255 g/mol. The maximum absolute atomic E-state index is 10.8. The topological polar surface area (TPSA) is 49.8 Å². The number of hydrogen-bond acceptors (Lipinski definition) is 3. The molecule has 0 aliphatic carbocycles. The number of fused-ring (bicyclic) bond motifs is 2. The molecule has 3 atom stereocenters. The fourth-order valence-corrected chi connectivity index (χ4v) is 3.80. The van der Waals surface area contributed by atoms with Crippen LogP contribution in [0.2, 0.25) is 0 Å². The minimum Gasteiger partial charge on any atom is -0.481 e. The van der Waals surface area contributed by atoms with Crippen molar-refractivity contribution in [3.63, 3.8) is 0 Å². The molecule has 2 aliphatic heterocycles. The zero-order valence-corrected chi connectivity index (χ0v) is 11.5. The Hall–Kier alpha value is -0.610. The zero-order chi connectivity index (χ0) is 13.1. The molecule has 2 fully saturated rings. The van der Waals surface area contributed by atoms with Crippen LogP contribution in [0.3, 0.4) is 0 Å². The minimum absolute atomic E-state index is 0.356. The first-order chi connectivity index (χ1) is 8.60. The molecule has 0 aromatic carbocycles. The van der Waals surface area contributed by atoms with Crippen LogP contribution in [0.25, 0.3) is 0 Å². The smallest absolute Gasteiger partial charge is 0.303 e. The number of aliphatic carboxylic acids is 1. The summed E-state index contributed by atoms with van der Waals surface area (Å²) in [5.74, 6) is 0.323. The lowest BCUT2D eigenvalue weighted by atomic mass is 9.87. The first-order valence-corrected chi connectivity index (χ1v) is 7.06. The predicted molar refractivity (Wildman–Crippen MR) is 69.5 cm³/mol. The number of piperidine rings is 1. The van der Waals surface area contributed by atoms with Crippen LogP contribution in [0.5, 0.6) is 0 Å². The third-order valence-corrected chi connectivity index (χ3v) is 4.42. The van der Waals surface area contributed by atoms with Crippen LogP contribution in [0, 0.1) is 11.8 Å². The van der Waals surface area contributed by atoms with E-state index < -0.39 is 5.97 Å². The fourth-order valence-electron chi connectivity index (χ4n) is 3.80. The van der Waals surface area contributed by atoms with E-state index in [0.29, 0.717) is 30.3 Å². The van der Waals surface area contributed by atoms with E-state index in [1.807, 2.05) is 0 Å². The van der Waals surface area contributed by atoms with Gasteiger partial charge in [0.25, 0.3) is 0 Å². The number of nitrogens with zero attached hydrogens (tertiary/aromatic N) is 1. The second kappa shape index (κ2) is 6.02. The number of rotatable bonds is 6. The van der Waals surface area contributed by atoms with Gasteiger partial charge in [0.1, 0.15) is 0 Å². The lowest BCUT2D eigenvalue weighted by Gasteiger charge is -2.39. The van der Waals surface area contributed by atoms with Gasteiger partial charge in [-0.25, -0.2) is 0 Å². The number of methoxy groups -OCH3 is 1. The summed E-state index contributed by atoms with van der Waals surface area (Å²) in [5, 5.41) is 8.91. The molecule has 0 aromatic rings. The fraction of sp³-hybridized carbons (Fsp3) is 0.929. The van der Waals surface area contributed by atoms with Gasteiger partial charge in [-0.2, -0.15) is 0 Å². The largest absolute Gasteiger partial charge is 0.481 e. The zero-order valence-electron chi connectivity index (χ0n) is 11.5. The number of carboxylic acids is 1. The van der Waals surface area contributed by atoms with E-state index in [1.165, 1.54) is 12.8 Å². The van der Waals surface area contributed by atoms with Gasteiger partial charge in [0, 0.05) is 38.8 Å². The van der Waals surface area contributed by atoms with E-state index in [2.05, 4.69) is 11.8 Å². The molecule has 2 rings (SSSR count). The molecule has 0 amide bonds. The lowest BCUT2D eigenvalue weighted by molar-refractivity contribution is -0.138. The van der Waals surface area contributed by atoms with Crippen LogP contribution >= 0.6 is 0 Å². The van der Waals surface area contributed by atoms with Crippen molar-refractivity contribution in [2.75, 3.05) is 20.3 Å². The summed E-state index contributed by atoms with van der Waals surface area (Å²) < 4.78 is 5.21. The molecule has 4 heteroatoms. The van der Waals surface area contributed by atoms with Crippen molar-refractivity contribution in [3.05, 3.63) is 0 Å². The molecular weight excluding hydrogens is 230 g/mol. The van der Waals surface area contributed by atoms with E-state index in [1.54, 1.807) is 7.11 Å². The second-order valence-electron chi connectivity index (χ2n) is 6.08. The van der Waals surface area contributed by atoms with Crippen molar-refractivity contribution in [1.29, 1.82) is 0 Å². The maximum atomic E-state index is 10.8. The first-order valence-electron chi connectivity index (χ1n) is 7.06. The van der Waals surface area contributed by atoms with Crippen molar-refractivity contribution in [1.82, 2.24) is 4.90 Å². The molecule has 0 radical (unpaired) electrons. The maximum Gasteiger partial charge on any atom is 0.303 e. The molecule has 104 valence electrons. The lowest BCUT2D eigenvalue weighted by Crippen LogP contribution is -2.45. The van der Waals surface area contributed by atoms with E-state index in [0.717, 1.165) is 26.0 Å². The Labute approximate surface area is 109 Å². The van der Waals surface area contributed by atoms with Crippen LogP contribution in [-0.2, 0) is 9.53 Å². The average Bonchev–Trinajstić information content (AvgIpc) is 2.53. The molecule has 18 heavy (non-hydrogen) atoms. The van der Waals surface area contributed by atoms with E-state index in [9.17, 15) is 4.79 Å². The van der Waals surface area contributed by atoms with E-state index in [4.69, 9.17) is 9.84 Å². The molecule has 0 aromatic heterocycles. The van der Waals surface area contributed by atoms with Crippen molar-refractivity contribution >= 4 is 5.97 Å². The van der Waals surface area contributed by atoms with Crippen molar-refractivity contribution in [3.8, 4) is 0 Å². The normalized spacial score (nSPS) is 33.6. The van der Waals surface area contributed by atoms with Gasteiger partial charge in [-0.05, 0) is 37.5 Å². The van der Waals surface area contributed by atoms with Crippen LogP contribution in [0.4, 0.5) is 0 Å². The molecule has 1 N–H and O–H groups in total. The number of carboxylic acid groups (broad SMARTS) is 1. The summed E-state index contributed by atoms with van der Waals surface area (Å²) >= 11 is 0. The third-order valence-electron chi connectivity index (χ3n) is 4.42. The highest BCUT2D eigenvalue weighted by atomic mass is 16.5. The van der Waals surface area contributed by atoms with Crippen LogP contribution in [0.1, 0.15) is 39.0 Å². The molecule has 2 aliphatic rings. The van der Waals surface area contributed by atoms with Crippen molar-refractivity contribution < 1.29 is 14.6 Å². The van der Waals surface area contributed by atoms with Gasteiger partial charge in [0.05, 0.1) is 0 Å². The van der Waals surface area contributed by atoms with Crippen molar-refractivity contribution in [2.45, 2.75) is 51.1 Å². The molecule has 3 unspecified atom stereocenters. The van der Waals surface area contributed by atoms with Gasteiger partial charge >= 0.3 is 5.97 Å². The van der Waals surface area contributed by atoms with Gasteiger partial charge in [-0.15, -0.1) is 0 Å². The van der Waals surface area contributed by atoms with Gasteiger partial charge in [-0.1, -0.05) is 6.92 Å². The minimum atomic E-state index is -0.638. The summed E-state index contributed by atoms with van der Waals surface area (Å²) in [4.78, 5) is 13.4. The van der Waals surface area contributed by atoms with Crippen molar-refractivity contribution in [2.24, 2.45) is 11.8 Å². The summed E-state index contributed by atoms with van der Waals surface area (Å²) in [7, 11) is 1.75. The van der Waals surface area contributed by atoms with E-state index in [-0.39, 0.29) is 0 Å². The summed E-state index contributed by atoms with van der Waals surface area (Å²) in [6, 6.07) is 1.24. The molecule has 0 spiro atoms. The predicted octanol–water partition coefficient (Wildman–Crippen LogP) is 1.99. The molecule has 2 saturated heterocycles. The van der Waals surface area contributed by atoms with E-state index >= 15 is 0 Å². The number of carbonyl (C=O) groups is 1. The molecule has 4 nitrogen and oxygen atoms in total. The Morgan fingerprint density at radius 2 is 2.00 bits per heavy atom. The second-order valence-corrected chi connectivity index (χ2v) is 6.08. The standard InChI is InChI=1S/C14H25NO3/c1-10(9-18-2)8-15-12-3-4-13(15)6-11(5-12)7-14(16)17/h10-13H,3-9H2,1-2H3,(H,16,17). The van der Waals surface area contributed by atoms with Crippen LogP contribution in [0.15, 0.2) is 0 Å². The summed E-state index contributed by atoms with van der Waals surface area (Å²) in [6.07, 6.45) is 5.00. The molecule has 0 saturated carbocycles. The highest BCUT2D eigenvalue weighted by Crippen LogP contribution is 2.40. The highest BCUT2D eigenvalue weighted by Gasteiger charge is 2.41.